The summed E-state index contributed by atoms with van der Waals surface area (Å²) in [6, 6.07) is 1.41. The number of hydrogen-bond acceptors (Lipinski definition) is 4. The summed E-state index contributed by atoms with van der Waals surface area (Å²) < 4.78 is 30.6. The van der Waals surface area contributed by atoms with Gasteiger partial charge in [-0.2, -0.15) is 0 Å². The number of benzene rings is 1. The lowest BCUT2D eigenvalue weighted by atomic mass is 10.2. The van der Waals surface area contributed by atoms with Crippen LogP contribution in [0.25, 0.3) is 0 Å². The van der Waals surface area contributed by atoms with Gasteiger partial charge in [-0.3, -0.25) is 0 Å². The first kappa shape index (κ1) is 12.4. The number of nitrogen functional groups attached to an aromatic ring is 1. The number of nitrogens with two attached hydrogens (primary N) is 1. The molecule has 0 aliphatic rings. The van der Waals surface area contributed by atoms with E-state index >= 15 is 0 Å². The summed E-state index contributed by atoms with van der Waals surface area (Å²) in [7, 11) is 0. The van der Waals surface area contributed by atoms with Crippen LogP contribution in [0.1, 0.15) is 16.8 Å². The molecule has 0 heterocycles. The van der Waals surface area contributed by atoms with Crippen LogP contribution < -0.4 is 5.73 Å². The zero-order valence-corrected chi connectivity index (χ0v) is 8.37. The van der Waals surface area contributed by atoms with Gasteiger partial charge < -0.3 is 15.6 Å². The van der Waals surface area contributed by atoms with E-state index in [1.165, 1.54) is 0 Å². The van der Waals surface area contributed by atoms with E-state index in [1.54, 1.807) is 0 Å². The van der Waals surface area contributed by atoms with Crippen LogP contribution >= 0.6 is 0 Å². The molecule has 0 saturated heterocycles. The molecule has 0 aliphatic carbocycles. The van der Waals surface area contributed by atoms with Crippen molar-refractivity contribution in [3.8, 4) is 0 Å². The summed E-state index contributed by atoms with van der Waals surface area (Å²) in [4.78, 5) is 11.3. The van der Waals surface area contributed by atoms with Crippen molar-refractivity contribution in [1.29, 1.82) is 0 Å². The molecule has 0 spiro atoms. The molecule has 0 saturated carbocycles. The summed E-state index contributed by atoms with van der Waals surface area (Å²) in [6.07, 6.45) is 0.254. The van der Waals surface area contributed by atoms with E-state index in [0.29, 0.717) is 6.07 Å². The predicted octanol–water partition coefficient (Wildman–Crippen LogP) is 1.09. The Kier molecular flexibility index (Phi) is 4.19. The van der Waals surface area contributed by atoms with Crippen molar-refractivity contribution in [2.45, 2.75) is 6.42 Å². The second-order valence-corrected chi connectivity index (χ2v) is 3.07. The fourth-order valence-electron chi connectivity index (χ4n) is 1.03. The molecule has 1 aromatic carbocycles. The largest absolute Gasteiger partial charge is 0.462 e. The first-order valence-electron chi connectivity index (χ1n) is 4.58. The smallest absolute Gasteiger partial charge is 0.341 e. The predicted molar refractivity (Wildman–Crippen MR) is 52.8 cm³/mol. The standard InChI is InChI=1S/C10H11F2NO3/c11-7-5-8(12)9(13)4-6(7)10(15)16-3-1-2-14/h4-5,14H,1-3,13H2. The van der Waals surface area contributed by atoms with E-state index in [0.717, 1.165) is 6.07 Å². The Morgan fingerprint density at radius 3 is 2.69 bits per heavy atom. The minimum Gasteiger partial charge on any atom is -0.462 e. The molecule has 0 unspecified atom stereocenters. The van der Waals surface area contributed by atoms with Crippen LogP contribution in [-0.2, 0) is 4.74 Å². The van der Waals surface area contributed by atoms with E-state index in [-0.39, 0.29) is 25.3 Å². The lowest BCUT2D eigenvalue weighted by molar-refractivity contribution is 0.0477. The van der Waals surface area contributed by atoms with Crippen molar-refractivity contribution >= 4 is 11.7 Å². The summed E-state index contributed by atoms with van der Waals surface area (Å²) in [5.74, 6) is -2.89. The maximum absolute atomic E-state index is 13.1. The lowest BCUT2D eigenvalue weighted by Crippen LogP contribution is -2.10. The minimum absolute atomic E-state index is 0.0357. The maximum Gasteiger partial charge on any atom is 0.341 e. The highest BCUT2D eigenvalue weighted by atomic mass is 19.1. The van der Waals surface area contributed by atoms with Gasteiger partial charge in [-0.05, 0) is 6.07 Å². The number of halogens is 2. The molecule has 0 aliphatic heterocycles. The number of carbonyl (C=O) groups excluding carboxylic acids is 1. The summed E-state index contributed by atoms with van der Waals surface area (Å²) in [6.45, 7) is -0.173. The fourth-order valence-corrected chi connectivity index (χ4v) is 1.03. The van der Waals surface area contributed by atoms with Crippen molar-refractivity contribution < 1.29 is 23.4 Å². The number of aliphatic hydroxyl groups excluding tert-OH is 1. The molecule has 3 N–H and O–H groups in total. The molecular weight excluding hydrogens is 220 g/mol. The Labute approximate surface area is 90.6 Å². The molecule has 0 fully saturated rings. The highest BCUT2D eigenvalue weighted by Gasteiger charge is 2.15. The first-order valence-corrected chi connectivity index (χ1v) is 4.58. The normalized spacial score (nSPS) is 10.2. The average Bonchev–Trinajstić information content (AvgIpc) is 2.23. The van der Waals surface area contributed by atoms with Crippen LogP contribution in [0.5, 0.6) is 0 Å². The first-order chi connectivity index (χ1) is 7.56. The maximum atomic E-state index is 13.1. The van der Waals surface area contributed by atoms with Crippen molar-refractivity contribution in [1.82, 2.24) is 0 Å². The van der Waals surface area contributed by atoms with E-state index in [2.05, 4.69) is 4.74 Å². The van der Waals surface area contributed by atoms with E-state index in [9.17, 15) is 13.6 Å². The third kappa shape index (κ3) is 2.90. The number of hydrogen-bond donors (Lipinski definition) is 2. The van der Waals surface area contributed by atoms with Crippen LogP contribution in [0, 0.1) is 11.6 Å². The third-order valence-corrected chi connectivity index (χ3v) is 1.84. The topological polar surface area (TPSA) is 72.6 Å². The molecule has 0 bridgehead atoms. The van der Waals surface area contributed by atoms with Crippen molar-refractivity contribution in [3.05, 3.63) is 29.3 Å². The molecule has 6 heteroatoms. The number of aliphatic hydroxyl groups is 1. The van der Waals surface area contributed by atoms with Gasteiger partial charge in [-0.15, -0.1) is 0 Å². The Bertz CT molecular complexity index is 396. The SMILES string of the molecule is Nc1cc(C(=O)OCCCO)c(F)cc1F. The second kappa shape index (κ2) is 5.41. The van der Waals surface area contributed by atoms with Gasteiger partial charge in [-0.25, -0.2) is 13.6 Å². The van der Waals surface area contributed by atoms with Gasteiger partial charge in [0.05, 0.1) is 17.9 Å². The van der Waals surface area contributed by atoms with Gasteiger partial charge in [0, 0.05) is 19.1 Å². The number of rotatable bonds is 4. The van der Waals surface area contributed by atoms with E-state index in [4.69, 9.17) is 10.8 Å². The molecule has 1 aromatic rings. The van der Waals surface area contributed by atoms with Crippen molar-refractivity contribution in [2.75, 3.05) is 18.9 Å². The quantitative estimate of drug-likeness (QED) is 0.462. The van der Waals surface area contributed by atoms with Gasteiger partial charge in [0.2, 0.25) is 0 Å². The molecule has 88 valence electrons. The van der Waals surface area contributed by atoms with Gasteiger partial charge in [0.15, 0.2) is 0 Å². The van der Waals surface area contributed by atoms with Crippen molar-refractivity contribution in [3.63, 3.8) is 0 Å². The van der Waals surface area contributed by atoms with Crippen LogP contribution in [0.4, 0.5) is 14.5 Å². The summed E-state index contributed by atoms with van der Waals surface area (Å²) in [5.41, 5.74) is 4.45. The third-order valence-electron chi connectivity index (χ3n) is 1.84. The molecule has 0 aromatic heterocycles. The Morgan fingerprint density at radius 1 is 1.38 bits per heavy atom. The number of anilines is 1. The number of ether oxygens (including phenoxy) is 1. The van der Waals surface area contributed by atoms with E-state index in [1.807, 2.05) is 0 Å². The zero-order chi connectivity index (χ0) is 12.1. The number of esters is 1. The zero-order valence-electron chi connectivity index (χ0n) is 8.37. The van der Waals surface area contributed by atoms with Crippen LogP contribution in [0.2, 0.25) is 0 Å². The highest BCUT2D eigenvalue weighted by molar-refractivity contribution is 5.90. The Hall–Kier alpha value is -1.69. The molecule has 16 heavy (non-hydrogen) atoms. The molecule has 0 radical (unpaired) electrons. The second-order valence-electron chi connectivity index (χ2n) is 3.07. The number of carbonyl (C=O) groups is 1. The Balaban J connectivity index is 2.79. The van der Waals surface area contributed by atoms with E-state index < -0.39 is 23.2 Å². The van der Waals surface area contributed by atoms with Crippen LogP contribution in [0.15, 0.2) is 12.1 Å². The molecule has 0 atom stereocenters. The van der Waals surface area contributed by atoms with Gasteiger partial charge in [0.25, 0.3) is 0 Å². The molecular formula is C10H11F2NO3. The Morgan fingerprint density at radius 2 is 2.06 bits per heavy atom. The van der Waals surface area contributed by atoms with Gasteiger partial charge in [0.1, 0.15) is 11.6 Å². The van der Waals surface area contributed by atoms with Gasteiger partial charge in [-0.1, -0.05) is 0 Å². The van der Waals surface area contributed by atoms with Gasteiger partial charge >= 0.3 is 5.97 Å². The average molecular weight is 231 g/mol. The molecule has 1 rings (SSSR count). The van der Waals surface area contributed by atoms with Crippen LogP contribution in [-0.4, -0.2) is 24.3 Å². The minimum atomic E-state index is -1.03. The summed E-state index contributed by atoms with van der Waals surface area (Å²) >= 11 is 0. The lowest BCUT2D eigenvalue weighted by Gasteiger charge is -2.06. The molecule has 4 nitrogen and oxygen atoms in total. The fraction of sp³-hybridized carbons (Fsp3) is 0.300. The monoisotopic (exact) mass is 231 g/mol. The highest BCUT2D eigenvalue weighted by Crippen LogP contribution is 2.17. The van der Waals surface area contributed by atoms with Crippen LogP contribution in [0.3, 0.4) is 0 Å². The van der Waals surface area contributed by atoms with Crippen molar-refractivity contribution in [2.24, 2.45) is 0 Å². The summed E-state index contributed by atoms with van der Waals surface area (Å²) in [5, 5.41) is 8.45. The molecule has 0 amide bonds.